The van der Waals surface area contributed by atoms with E-state index in [4.69, 9.17) is 4.55 Å². The topological polar surface area (TPSA) is 121 Å². The minimum Gasteiger partial charge on any atom is -0.507 e. The van der Waals surface area contributed by atoms with Crippen molar-refractivity contribution < 1.29 is 26.5 Å². The molecule has 1 aliphatic carbocycles. The van der Waals surface area contributed by atoms with E-state index in [0.29, 0.717) is 28.6 Å². The Morgan fingerprint density at radius 2 is 1.88 bits per heavy atom. The summed E-state index contributed by atoms with van der Waals surface area (Å²) in [6, 6.07) is 7.05. The van der Waals surface area contributed by atoms with Gasteiger partial charge in [0, 0.05) is 29.3 Å². The molecule has 2 aromatic rings. The van der Waals surface area contributed by atoms with Gasteiger partial charge in [-0.25, -0.2) is 0 Å². The molecule has 25 heavy (non-hydrogen) atoms. The second kappa shape index (κ2) is 6.36. The van der Waals surface area contributed by atoms with Gasteiger partial charge < -0.3 is 10.4 Å². The second-order valence-electron chi connectivity index (χ2n) is 5.39. The Labute approximate surface area is 145 Å². The molecular formula is C16H13NO6S2. The van der Waals surface area contributed by atoms with E-state index in [1.165, 1.54) is 12.1 Å². The predicted molar refractivity (Wildman–Crippen MR) is 94.8 cm³/mol. The van der Waals surface area contributed by atoms with Gasteiger partial charge in [-0.1, -0.05) is 6.08 Å². The van der Waals surface area contributed by atoms with Crippen LogP contribution in [0.25, 0.3) is 10.8 Å². The van der Waals surface area contributed by atoms with E-state index >= 15 is 0 Å². The van der Waals surface area contributed by atoms with Gasteiger partial charge in [-0.2, -0.15) is 16.8 Å². The monoisotopic (exact) mass is 379 g/mol. The highest BCUT2D eigenvalue weighted by atomic mass is 32.2. The molecule has 130 valence electrons. The Morgan fingerprint density at radius 1 is 1.12 bits per heavy atom. The normalized spacial score (nSPS) is 14.4. The first-order valence-corrected chi connectivity index (χ1v) is 9.60. The summed E-state index contributed by atoms with van der Waals surface area (Å²) in [4.78, 5) is -0.166. The Bertz CT molecular complexity index is 1170. The van der Waals surface area contributed by atoms with Gasteiger partial charge in [-0.3, -0.25) is 4.55 Å². The maximum atomic E-state index is 11.3. The number of benzene rings is 2. The molecule has 0 fully saturated rings. The molecule has 2 aromatic carbocycles. The van der Waals surface area contributed by atoms with Crippen molar-refractivity contribution in [1.82, 2.24) is 0 Å². The number of allylic oxidation sites excluding steroid dienone is 3. The fourth-order valence-corrected chi connectivity index (χ4v) is 3.48. The van der Waals surface area contributed by atoms with Crippen LogP contribution < -0.4 is 5.32 Å². The quantitative estimate of drug-likeness (QED) is 0.551. The molecule has 0 spiro atoms. The highest BCUT2D eigenvalue weighted by Gasteiger charge is 2.14. The maximum absolute atomic E-state index is 11.3. The lowest BCUT2D eigenvalue weighted by Crippen LogP contribution is -2.06. The van der Waals surface area contributed by atoms with Crippen LogP contribution in [0.2, 0.25) is 0 Å². The molecule has 0 saturated heterocycles. The van der Waals surface area contributed by atoms with Gasteiger partial charge in [0.25, 0.3) is 10.1 Å². The molecule has 0 amide bonds. The fourth-order valence-electron chi connectivity index (χ4n) is 2.49. The first-order chi connectivity index (χ1) is 11.7. The SMILES string of the molecule is O=S(=O)=C1C=C(Nc2ccc3c(O)cc(S(=O)(=O)O)cc3c2)C=CC1. The molecular weight excluding hydrogens is 366 g/mol. The third-order valence-corrected chi connectivity index (χ3v) is 5.18. The van der Waals surface area contributed by atoms with E-state index in [9.17, 15) is 21.9 Å². The highest BCUT2D eigenvalue weighted by molar-refractivity contribution is 7.85. The minimum atomic E-state index is -4.45. The van der Waals surface area contributed by atoms with Crippen LogP contribution in [0.15, 0.2) is 59.2 Å². The Morgan fingerprint density at radius 3 is 2.56 bits per heavy atom. The van der Waals surface area contributed by atoms with Gasteiger partial charge in [-0.05, 0) is 41.8 Å². The summed E-state index contributed by atoms with van der Waals surface area (Å²) in [5.41, 5.74) is 1.12. The summed E-state index contributed by atoms with van der Waals surface area (Å²) in [7, 11) is -6.75. The van der Waals surface area contributed by atoms with Crippen molar-refractivity contribution in [3.8, 4) is 5.75 Å². The van der Waals surface area contributed by atoms with E-state index in [1.54, 1.807) is 30.4 Å². The lowest BCUT2D eigenvalue weighted by Gasteiger charge is -2.12. The van der Waals surface area contributed by atoms with Crippen molar-refractivity contribution in [1.29, 1.82) is 0 Å². The molecule has 3 N–H and O–H groups in total. The zero-order chi connectivity index (χ0) is 18.2. The van der Waals surface area contributed by atoms with Gasteiger partial charge in [0.15, 0.2) is 0 Å². The molecule has 0 aromatic heterocycles. The zero-order valence-electron chi connectivity index (χ0n) is 12.7. The van der Waals surface area contributed by atoms with Crippen LogP contribution in [0.3, 0.4) is 0 Å². The molecule has 0 heterocycles. The van der Waals surface area contributed by atoms with Crippen LogP contribution in [0.4, 0.5) is 5.69 Å². The number of hydrogen-bond acceptors (Lipinski definition) is 6. The number of nitrogens with one attached hydrogen (secondary N) is 1. The van der Waals surface area contributed by atoms with Crippen LogP contribution in [-0.4, -0.2) is 31.4 Å². The van der Waals surface area contributed by atoms with Crippen LogP contribution in [0, 0.1) is 0 Å². The van der Waals surface area contributed by atoms with Gasteiger partial charge >= 0.3 is 0 Å². The molecule has 1 aliphatic rings. The highest BCUT2D eigenvalue weighted by Crippen LogP contribution is 2.31. The van der Waals surface area contributed by atoms with E-state index in [-0.39, 0.29) is 10.6 Å². The molecule has 0 atom stereocenters. The summed E-state index contributed by atoms with van der Waals surface area (Å²) in [6.45, 7) is 0. The van der Waals surface area contributed by atoms with E-state index in [0.717, 1.165) is 6.07 Å². The largest absolute Gasteiger partial charge is 0.507 e. The third kappa shape index (κ3) is 3.73. The molecule has 3 rings (SSSR count). The number of anilines is 1. The van der Waals surface area contributed by atoms with E-state index < -0.39 is 25.3 Å². The third-order valence-electron chi connectivity index (χ3n) is 3.64. The Kier molecular flexibility index (Phi) is 4.38. The number of rotatable bonds is 3. The molecule has 0 unspecified atom stereocenters. The molecule has 7 nitrogen and oxygen atoms in total. The molecule has 0 radical (unpaired) electrons. The van der Waals surface area contributed by atoms with Crippen molar-refractivity contribution in [2.45, 2.75) is 11.3 Å². The summed E-state index contributed by atoms with van der Waals surface area (Å²) in [6.07, 6.45) is 5.26. The van der Waals surface area contributed by atoms with Crippen molar-refractivity contribution in [3.05, 3.63) is 54.3 Å². The van der Waals surface area contributed by atoms with Crippen LogP contribution in [0.5, 0.6) is 5.75 Å². The standard InChI is InChI=1S/C16H13NO6S2/c18-16-9-14(25(21,22)23)7-10-6-12(4-5-15(10)16)17-11-2-1-3-13(8-11)24(19)20/h1-2,4-9,17-18H,3H2,(H,21,22,23). The summed E-state index contributed by atoms with van der Waals surface area (Å²) in [5.74, 6) is -0.272. The summed E-state index contributed by atoms with van der Waals surface area (Å²) in [5, 5.41) is 13.8. The molecule has 9 heteroatoms. The predicted octanol–water partition coefficient (Wildman–Crippen LogP) is 2.10. The van der Waals surface area contributed by atoms with Gasteiger partial charge in [0.05, 0.1) is 9.76 Å². The zero-order valence-corrected chi connectivity index (χ0v) is 14.3. The first-order valence-electron chi connectivity index (χ1n) is 7.08. The van der Waals surface area contributed by atoms with Crippen LogP contribution >= 0.6 is 0 Å². The van der Waals surface area contributed by atoms with Crippen molar-refractivity contribution in [2.24, 2.45) is 0 Å². The van der Waals surface area contributed by atoms with E-state index in [2.05, 4.69) is 5.32 Å². The number of fused-ring (bicyclic) bond motifs is 1. The van der Waals surface area contributed by atoms with Crippen molar-refractivity contribution in [3.63, 3.8) is 0 Å². The summed E-state index contributed by atoms with van der Waals surface area (Å²) < 4.78 is 53.8. The van der Waals surface area contributed by atoms with E-state index in [1.807, 2.05) is 0 Å². The maximum Gasteiger partial charge on any atom is 0.294 e. The van der Waals surface area contributed by atoms with Crippen molar-refractivity contribution in [2.75, 3.05) is 5.32 Å². The van der Waals surface area contributed by atoms with Gasteiger partial charge in [0.1, 0.15) is 5.75 Å². The Hall–Kier alpha value is -2.62. The average Bonchev–Trinajstić information content (AvgIpc) is 2.54. The van der Waals surface area contributed by atoms with Crippen LogP contribution in [-0.2, 0) is 20.4 Å². The number of phenolic OH excluding ortho intramolecular Hbond substituents is 1. The smallest absolute Gasteiger partial charge is 0.294 e. The summed E-state index contributed by atoms with van der Waals surface area (Å²) >= 11 is 0. The average molecular weight is 379 g/mol. The lowest BCUT2D eigenvalue weighted by atomic mass is 10.1. The molecule has 0 saturated carbocycles. The molecule has 0 aliphatic heterocycles. The van der Waals surface area contributed by atoms with Crippen LogP contribution in [0.1, 0.15) is 6.42 Å². The minimum absolute atomic E-state index is 0.247. The van der Waals surface area contributed by atoms with Gasteiger partial charge in [-0.15, -0.1) is 0 Å². The Balaban J connectivity index is 2.04. The first kappa shape index (κ1) is 17.2. The molecule has 0 bridgehead atoms. The second-order valence-corrected chi connectivity index (χ2v) is 7.80. The number of phenols is 1. The van der Waals surface area contributed by atoms with Gasteiger partial charge in [0.2, 0.25) is 10.3 Å². The number of hydrogen-bond donors (Lipinski definition) is 3. The fraction of sp³-hybridized carbons (Fsp3) is 0.0625. The van der Waals surface area contributed by atoms with Crippen molar-refractivity contribution >= 4 is 41.7 Å². The number of aromatic hydroxyl groups is 1. The lowest BCUT2D eigenvalue weighted by molar-refractivity contribution is 0.471.